The Kier molecular flexibility index (Phi) is 2.14. The Hall–Kier alpha value is -1.36. The monoisotopic (exact) mass is 186 g/mol. The van der Waals surface area contributed by atoms with Crippen molar-refractivity contribution in [1.29, 1.82) is 0 Å². The molecule has 0 atom stereocenters. The van der Waals surface area contributed by atoms with Crippen LogP contribution in [0.5, 0.6) is 5.75 Å². The highest BCUT2D eigenvalue weighted by atomic mass is 32.1. The third kappa shape index (κ3) is 1.45. The lowest BCUT2D eigenvalue weighted by molar-refractivity contribution is 0.0701. The number of hydrogen-bond acceptors (Lipinski definition) is 4. The first-order chi connectivity index (χ1) is 5.52. The van der Waals surface area contributed by atoms with Crippen LogP contribution in [-0.2, 0) is 0 Å². The number of Topliss-reactive ketones (excluding diaryl/α,β-unsaturated/α-hetero) is 1. The number of thiophene rings is 1. The molecular formula is C7H6O4S. The molecule has 12 heavy (non-hydrogen) atoms. The highest BCUT2D eigenvalue weighted by Gasteiger charge is 2.15. The van der Waals surface area contributed by atoms with Crippen molar-refractivity contribution in [2.75, 3.05) is 0 Å². The van der Waals surface area contributed by atoms with E-state index in [1.165, 1.54) is 6.92 Å². The highest BCUT2D eigenvalue weighted by molar-refractivity contribution is 7.16. The fraction of sp³-hybridized carbons (Fsp3) is 0.143. The predicted molar refractivity (Wildman–Crippen MR) is 42.9 cm³/mol. The van der Waals surface area contributed by atoms with Gasteiger partial charge in [0, 0.05) is 13.0 Å². The summed E-state index contributed by atoms with van der Waals surface area (Å²) in [6.45, 7) is 1.27. The van der Waals surface area contributed by atoms with E-state index in [1.807, 2.05) is 0 Å². The van der Waals surface area contributed by atoms with E-state index in [4.69, 9.17) is 10.2 Å². The summed E-state index contributed by atoms with van der Waals surface area (Å²) in [5.41, 5.74) is 0. The van der Waals surface area contributed by atoms with Crippen LogP contribution in [0.4, 0.5) is 0 Å². The van der Waals surface area contributed by atoms with E-state index in [9.17, 15) is 9.59 Å². The summed E-state index contributed by atoms with van der Waals surface area (Å²) in [4.78, 5) is 21.2. The second-order valence-electron chi connectivity index (χ2n) is 2.19. The lowest BCUT2D eigenvalue weighted by Crippen LogP contribution is -1.90. The average molecular weight is 186 g/mol. The summed E-state index contributed by atoms with van der Waals surface area (Å²) in [5.74, 6) is -1.72. The van der Waals surface area contributed by atoms with Crippen LogP contribution in [0.25, 0.3) is 0 Å². The van der Waals surface area contributed by atoms with Crippen LogP contribution in [-0.4, -0.2) is 22.0 Å². The molecule has 4 nitrogen and oxygen atoms in total. The lowest BCUT2D eigenvalue weighted by Gasteiger charge is -1.86. The van der Waals surface area contributed by atoms with Gasteiger partial charge in [0.15, 0.2) is 5.78 Å². The zero-order valence-electron chi connectivity index (χ0n) is 6.20. The molecule has 0 bridgehead atoms. The van der Waals surface area contributed by atoms with E-state index in [0.29, 0.717) is 0 Å². The van der Waals surface area contributed by atoms with Crippen molar-refractivity contribution in [1.82, 2.24) is 0 Å². The van der Waals surface area contributed by atoms with Crippen LogP contribution in [0.1, 0.15) is 26.3 Å². The zero-order chi connectivity index (χ0) is 9.30. The van der Waals surface area contributed by atoms with E-state index >= 15 is 0 Å². The first-order valence-corrected chi connectivity index (χ1v) is 3.91. The molecule has 0 radical (unpaired) electrons. The Bertz CT molecular complexity index is 339. The van der Waals surface area contributed by atoms with Crippen molar-refractivity contribution in [3.8, 4) is 5.75 Å². The molecule has 1 rings (SSSR count). The second kappa shape index (κ2) is 2.94. The van der Waals surface area contributed by atoms with Crippen LogP contribution in [0.15, 0.2) is 6.07 Å². The number of aromatic carboxylic acids is 1. The van der Waals surface area contributed by atoms with Crippen molar-refractivity contribution in [2.24, 2.45) is 0 Å². The van der Waals surface area contributed by atoms with Gasteiger partial charge in [-0.15, -0.1) is 11.3 Å². The molecule has 64 valence electrons. The molecule has 0 saturated heterocycles. The zero-order valence-corrected chi connectivity index (χ0v) is 7.01. The Balaban J connectivity index is 3.17. The SMILES string of the molecule is CC(=O)c1sc(C(=O)O)cc1O. The molecule has 0 spiro atoms. The van der Waals surface area contributed by atoms with Crippen molar-refractivity contribution < 1.29 is 19.8 Å². The number of aromatic hydroxyl groups is 1. The number of hydrogen-bond donors (Lipinski definition) is 2. The van der Waals surface area contributed by atoms with Crippen LogP contribution >= 0.6 is 11.3 Å². The fourth-order valence-electron chi connectivity index (χ4n) is 0.739. The van der Waals surface area contributed by atoms with Gasteiger partial charge in [-0.25, -0.2) is 4.79 Å². The van der Waals surface area contributed by atoms with Crippen LogP contribution in [0.2, 0.25) is 0 Å². The van der Waals surface area contributed by atoms with Gasteiger partial charge < -0.3 is 10.2 Å². The van der Waals surface area contributed by atoms with Gasteiger partial charge in [0.25, 0.3) is 0 Å². The van der Waals surface area contributed by atoms with Crippen molar-refractivity contribution in [3.05, 3.63) is 15.8 Å². The Morgan fingerprint density at radius 3 is 2.33 bits per heavy atom. The van der Waals surface area contributed by atoms with E-state index < -0.39 is 5.97 Å². The maximum absolute atomic E-state index is 10.8. The number of carboxylic acids is 1. The van der Waals surface area contributed by atoms with E-state index in [2.05, 4.69) is 0 Å². The Labute approximate surface area is 72.1 Å². The fourth-order valence-corrected chi connectivity index (χ4v) is 1.52. The lowest BCUT2D eigenvalue weighted by atomic mass is 10.3. The van der Waals surface area contributed by atoms with Crippen LogP contribution < -0.4 is 0 Å². The maximum atomic E-state index is 10.8. The summed E-state index contributed by atoms with van der Waals surface area (Å²) >= 11 is 0.777. The second-order valence-corrected chi connectivity index (χ2v) is 3.24. The number of carbonyl (C=O) groups excluding carboxylic acids is 1. The molecule has 1 aromatic heterocycles. The predicted octanol–water partition coefficient (Wildman–Crippen LogP) is 1.35. The maximum Gasteiger partial charge on any atom is 0.346 e. The number of carboxylic acid groups (broad SMARTS) is 1. The molecule has 0 aliphatic rings. The van der Waals surface area contributed by atoms with Gasteiger partial charge >= 0.3 is 5.97 Å². The standard InChI is InChI=1S/C7H6O4S/c1-3(8)6-4(9)2-5(12-6)7(10)11/h2,9H,1H3,(H,10,11). The Morgan fingerprint density at radius 2 is 2.08 bits per heavy atom. The molecule has 2 N–H and O–H groups in total. The van der Waals surface area contributed by atoms with Crippen LogP contribution in [0.3, 0.4) is 0 Å². The van der Waals surface area contributed by atoms with Gasteiger partial charge in [0.1, 0.15) is 15.5 Å². The Morgan fingerprint density at radius 1 is 1.50 bits per heavy atom. The summed E-state index contributed by atoms with van der Waals surface area (Å²) in [7, 11) is 0. The van der Waals surface area contributed by atoms with Gasteiger partial charge in [-0.1, -0.05) is 0 Å². The van der Waals surface area contributed by atoms with Gasteiger partial charge in [-0.2, -0.15) is 0 Å². The number of carbonyl (C=O) groups is 2. The molecule has 0 aliphatic carbocycles. The first-order valence-electron chi connectivity index (χ1n) is 3.09. The summed E-state index contributed by atoms with van der Waals surface area (Å²) in [6.07, 6.45) is 0. The minimum atomic E-state index is -1.14. The summed E-state index contributed by atoms with van der Waals surface area (Å²) < 4.78 is 0. The molecule has 5 heteroatoms. The molecule has 0 saturated carbocycles. The topological polar surface area (TPSA) is 74.6 Å². The van der Waals surface area contributed by atoms with Gasteiger partial charge in [-0.3, -0.25) is 4.79 Å². The first kappa shape index (κ1) is 8.73. The largest absolute Gasteiger partial charge is 0.506 e. The minimum Gasteiger partial charge on any atom is -0.506 e. The summed E-state index contributed by atoms with van der Waals surface area (Å²) in [5, 5.41) is 17.6. The van der Waals surface area contributed by atoms with Crippen LogP contribution in [0, 0.1) is 0 Å². The highest BCUT2D eigenvalue weighted by Crippen LogP contribution is 2.28. The molecule has 0 aromatic carbocycles. The molecule has 0 fully saturated rings. The minimum absolute atomic E-state index is 0.0299. The molecule has 1 heterocycles. The van der Waals surface area contributed by atoms with Crippen molar-refractivity contribution in [2.45, 2.75) is 6.92 Å². The van der Waals surface area contributed by atoms with Crippen molar-refractivity contribution >= 4 is 23.1 Å². The van der Waals surface area contributed by atoms with E-state index in [1.54, 1.807) is 0 Å². The third-order valence-corrected chi connectivity index (χ3v) is 2.46. The van der Waals surface area contributed by atoms with Crippen molar-refractivity contribution in [3.63, 3.8) is 0 Å². The number of ketones is 1. The smallest absolute Gasteiger partial charge is 0.346 e. The number of rotatable bonds is 2. The normalized spacial score (nSPS) is 9.75. The van der Waals surface area contributed by atoms with E-state index in [0.717, 1.165) is 17.4 Å². The summed E-state index contributed by atoms with van der Waals surface area (Å²) in [6, 6.07) is 1.07. The quantitative estimate of drug-likeness (QED) is 0.684. The van der Waals surface area contributed by atoms with Gasteiger partial charge in [0.2, 0.25) is 0 Å². The molecule has 0 amide bonds. The molecule has 0 aliphatic heterocycles. The van der Waals surface area contributed by atoms with Gasteiger partial charge in [0.05, 0.1) is 0 Å². The molecule has 0 unspecified atom stereocenters. The average Bonchev–Trinajstić information content (AvgIpc) is 2.30. The third-order valence-electron chi connectivity index (χ3n) is 1.24. The van der Waals surface area contributed by atoms with Gasteiger partial charge in [-0.05, 0) is 0 Å². The van der Waals surface area contributed by atoms with E-state index in [-0.39, 0.29) is 21.3 Å². The molecule has 1 aromatic rings. The molecular weight excluding hydrogens is 180 g/mol.